The summed E-state index contributed by atoms with van der Waals surface area (Å²) in [4.78, 5) is 20.7. The topological polar surface area (TPSA) is 94.7 Å². The van der Waals surface area contributed by atoms with Gasteiger partial charge in [-0.1, -0.05) is 11.8 Å². The maximum Gasteiger partial charge on any atom is 0.234 e. The minimum atomic E-state index is -0.333. The fourth-order valence-electron chi connectivity index (χ4n) is 3.70. The number of benzene rings is 3. The molecule has 10 heteroatoms. The molecule has 3 aromatic carbocycles. The van der Waals surface area contributed by atoms with Crippen LogP contribution in [0.4, 0.5) is 10.1 Å². The van der Waals surface area contributed by atoms with Crippen LogP contribution in [-0.4, -0.2) is 42.6 Å². The molecule has 5 rings (SSSR count). The third-order valence-electron chi connectivity index (χ3n) is 5.46. The van der Waals surface area contributed by atoms with Crippen LogP contribution >= 0.6 is 11.8 Å². The number of halogens is 1. The number of carbonyl (C=O) groups is 1. The van der Waals surface area contributed by atoms with E-state index in [1.807, 2.05) is 12.1 Å². The highest BCUT2D eigenvalue weighted by Crippen LogP contribution is 2.38. The predicted molar refractivity (Wildman–Crippen MR) is 134 cm³/mol. The summed E-state index contributed by atoms with van der Waals surface area (Å²) in [6.07, 6.45) is 0. The van der Waals surface area contributed by atoms with Gasteiger partial charge in [0.2, 0.25) is 12.7 Å². The van der Waals surface area contributed by atoms with Gasteiger partial charge in [0.25, 0.3) is 0 Å². The van der Waals surface area contributed by atoms with E-state index in [0.717, 1.165) is 11.1 Å². The van der Waals surface area contributed by atoms with Crippen molar-refractivity contribution in [2.45, 2.75) is 5.03 Å². The number of methoxy groups -OCH3 is 2. The number of fused-ring (bicyclic) bond motifs is 1. The number of aromatic amines is 1. The average molecular weight is 508 g/mol. The van der Waals surface area contributed by atoms with Crippen molar-refractivity contribution in [1.29, 1.82) is 0 Å². The van der Waals surface area contributed by atoms with Crippen LogP contribution in [0.3, 0.4) is 0 Å². The highest BCUT2D eigenvalue weighted by atomic mass is 32.2. The summed E-state index contributed by atoms with van der Waals surface area (Å²) in [5.74, 6) is 2.52. The smallest absolute Gasteiger partial charge is 0.234 e. The molecule has 0 saturated heterocycles. The van der Waals surface area contributed by atoms with E-state index in [0.29, 0.717) is 45.2 Å². The molecule has 2 heterocycles. The first kappa shape index (κ1) is 23.6. The Labute approximate surface area is 210 Å². The number of anilines is 1. The zero-order chi connectivity index (χ0) is 25.1. The van der Waals surface area contributed by atoms with E-state index in [1.54, 1.807) is 50.6 Å². The summed E-state index contributed by atoms with van der Waals surface area (Å²) in [6, 6.07) is 16.8. The van der Waals surface area contributed by atoms with Crippen LogP contribution in [0.25, 0.3) is 22.6 Å². The van der Waals surface area contributed by atoms with E-state index in [9.17, 15) is 9.18 Å². The third-order valence-corrected chi connectivity index (χ3v) is 6.43. The van der Waals surface area contributed by atoms with Gasteiger partial charge in [-0.3, -0.25) is 4.79 Å². The van der Waals surface area contributed by atoms with E-state index in [4.69, 9.17) is 23.9 Å². The van der Waals surface area contributed by atoms with Gasteiger partial charge in [0.05, 0.1) is 25.7 Å². The monoisotopic (exact) mass is 507 g/mol. The molecule has 1 aliphatic heterocycles. The molecule has 36 heavy (non-hydrogen) atoms. The van der Waals surface area contributed by atoms with Crippen molar-refractivity contribution < 1.29 is 28.1 Å². The molecule has 0 spiro atoms. The molecular formula is C26H22FN3O5S. The summed E-state index contributed by atoms with van der Waals surface area (Å²) in [7, 11) is 3.13. The molecule has 0 atom stereocenters. The van der Waals surface area contributed by atoms with Crippen molar-refractivity contribution in [2.75, 3.05) is 32.1 Å². The molecule has 8 nitrogen and oxygen atoms in total. The van der Waals surface area contributed by atoms with E-state index in [1.165, 1.54) is 23.9 Å². The molecule has 0 fully saturated rings. The second kappa shape index (κ2) is 10.2. The fraction of sp³-hybridized carbons (Fsp3) is 0.154. The largest absolute Gasteiger partial charge is 0.493 e. The summed E-state index contributed by atoms with van der Waals surface area (Å²) < 4.78 is 34.9. The zero-order valence-corrected chi connectivity index (χ0v) is 20.3. The van der Waals surface area contributed by atoms with Crippen molar-refractivity contribution in [3.63, 3.8) is 0 Å². The van der Waals surface area contributed by atoms with Gasteiger partial charge in [0.15, 0.2) is 23.0 Å². The first-order valence-corrected chi connectivity index (χ1v) is 11.9. The second-order valence-corrected chi connectivity index (χ2v) is 8.71. The first-order chi connectivity index (χ1) is 17.5. The quantitative estimate of drug-likeness (QED) is 0.310. The highest BCUT2D eigenvalue weighted by molar-refractivity contribution is 8.00. The molecule has 0 unspecified atom stereocenters. The number of hydrogen-bond donors (Lipinski definition) is 2. The number of nitrogens with one attached hydrogen (secondary N) is 2. The van der Waals surface area contributed by atoms with E-state index in [2.05, 4.69) is 10.3 Å². The molecule has 2 N–H and O–H groups in total. The molecular weight excluding hydrogens is 485 g/mol. The Bertz CT molecular complexity index is 1410. The lowest BCUT2D eigenvalue weighted by molar-refractivity contribution is -0.113. The first-order valence-electron chi connectivity index (χ1n) is 10.9. The van der Waals surface area contributed by atoms with Crippen LogP contribution in [0.15, 0.2) is 65.7 Å². The van der Waals surface area contributed by atoms with Gasteiger partial charge in [0.1, 0.15) is 16.7 Å². The van der Waals surface area contributed by atoms with E-state index in [-0.39, 0.29) is 24.3 Å². The number of aromatic nitrogens is 2. The molecule has 4 aromatic rings. The maximum atomic E-state index is 13.4. The lowest BCUT2D eigenvalue weighted by Crippen LogP contribution is -2.14. The normalized spacial score (nSPS) is 11.9. The van der Waals surface area contributed by atoms with Gasteiger partial charge in [-0.25, -0.2) is 9.37 Å². The maximum absolute atomic E-state index is 13.4. The van der Waals surface area contributed by atoms with E-state index < -0.39 is 0 Å². The van der Waals surface area contributed by atoms with Crippen LogP contribution < -0.4 is 24.3 Å². The Kier molecular flexibility index (Phi) is 6.68. The molecule has 0 saturated carbocycles. The number of H-pyrrole nitrogens is 1. The highest BCUT2D eigenvalue weighted by Gasteiger charge is 2.18. The van der Waals surface area contributed by atoms with Crippen molar-refractivity contribution >= 4 is 23.4 Å². The number of hydrogen-bond acceptors (Lipinski definition) is 7. The lowest BCUT2D eigenvalue weighted by Gasteiger charge is -2.10. The fourth-order valence-corrected chi connectivity index (χ4v) is 4.51. The van der Waals surface area contributed by atoms with Crippen LogP contribution in [0, 0.1) is 5.82 Å². The number of carbonyl (C=O) groups excluding carboxylic acids is 1. The van der Waals surface area contributed by atoms with Crippen LogP contribution in [0.2, 0.25) is 0 Å². The second-order valence-electron chi connectivity index (χ2n) is 7.75. The molecule has 1 aliphatic rings. The minimum absolute atomic E-state index is 0.114. The summed E-state index contributed by atoms with van der Waals surface area (Å²) >= 11 is 1.28. The van der Waals surface area contributed by atoms with Crippen LogP contribution in [0.5, 0.6) is 23.0 Å². The molecule has 184 valence electrons. The average Bonchev–Trinajstić information content (AvgIpc) is 3.54. The van der Waals surface area contributed by atoms with Gasteiger partial charge in [-0.05, 0) is 54.6 Å². The summed E-state index contributed by atoms with van der Waals surface area (Å²) in [5.41, 5.74) is 2.83. The Morgan fingerprint density at radius 1 is 1.00 bits per heavy atom. The van der Waals surface area contributed by atoms with Crippen molar-refractivity contribution in [1.82, 2.24) is 9.97 Å². The Hall–Kier alpha value is -4.18. The van der Waals surface area contributed by atoms with Crippen molar-refractivity contribution in [2.24, 2.45) is 0 Å². The van der Waals surface area contributed by atoms with E-state index >= 15 is 0 Å². The van der Waals surface area contributed by atoms with Crippen molar-refractivity contribution in [3.8, 4) is 45.6 Å². The van der Waals surface area contributed by atoms with Gasteiger partial charge in [-0.15, -0.1) is 0 Å². The van der Waals surface area contributed by atoms with Crippen LogP contribution in [-0.2, 0) is 4.79 Å². The number of ether oxygens (including phenoxy) is 4. The van der Waals surface area contributed by atoms with Gasteiger partial charge in [0, 0.05) is 22.9 Å². The third kappa shape index (κ3) is 4.94. The number of thioether (sulfide) groups is 1. The minimum Gasteiger partial charge on any atom is -0.493 e. The van der Waals surface area contributed by atoms with Gasteiger partial charge >= 0.3 is 0 Å². The molecule has 1 amide bonds. The number of rotatable bonds is 8. The number of nitrogens with zero attached hydrogens (tertiary/aromatic N) is 1. The Morgan fingerprint density at radius 2 is 1.75 bits per heavy atom. The number of imidazole rings is 1. The predicted octanol–water partition coefficient (Wildman–Crippen LogP) is 5.36. The van der Waals surface area contributed by atoms with Crippen LogP contribution in [0.1, 0.15) is 0 Å². The van der Waals surface area contributed by atoms with Crippen molar-refractivity contribution in [3.05, 3.63) is 66.5 Å². The van der Waals surface area contributed by atoms with Gasteiger partial charge < -0.3 is 29.2 Å². The SMILES string of the molecule is COc1ccc(-c2[nH]c(-c3ccc(F)cc3)nc2SCC(=O)Nc2ccc3c(c2)OCO3)cc1OC. The molecule has 0 bridgehead atoms. The molecule has 0 radical (unpaired) electrons. The molecule has 0 aliphatic carbocycles. The summed E-state index contributed by atoms with van der Waals surface area (Å²) in [5, 5.41) is 3.48. The summed E-state index contributed by atoms with van der Waals surface area (Å²) in [6.45, 7) is 0.164. The van der Waals surface area contributed by atoms with Gasteiger partial charge in [-0.2, -0.15) is 0 Å². The standard InChI is InChI=1S/C26H22FN3O5S/c1-32-19-9-5-16(11-21(19)33-2)24-26(30-25(29-24)15-3-6-17(27)7-4-15)36-13-23(31)28-18-8-10-20-22(12-18)35-14-34-20/h3-12H,13-14H2,1-2H3,(H,28,31)(H,29,30). The zero-order valence-electron chi connectivity index (χ0n) is 19.5. The lowest BCUT2D eigenvalue weighted by atomic mass is 10.1. The Balaban J connectivity index is 1.40. The number of amides is 1. The Morgan fingerprint density at radius 3 is 2.53 bits per heavy atom. The molecule has 1 aromatic heterocycles.